The summed E-state index contributed by atoms with van der Waals surface area (Å²) in [6, 6.07) is 108. The minimum atomic E-state index is -3.00. The quantitative estimate of drug-likeness (QED) is 0.0274. The Bertz CT molecular complexity index is 4130. The van der Waals surface area contributed by atoms with Gasteiger partial charge in [0.25, 0.3) is 0 Å². The molecular formula is C88H81BrO4Si2. The summed E-state index contributed by atoms with van der Waals surface area (Å²) in [5.74, 6) is 2.38. The van der Waals surface area contributed by atoms with Gasteiger partial charge < -0.3 is 10.2 Å². The minimum Gasteiger partial charge on any atom is -0.481 e. The van der Waals surface area contributed by atoms with Crippen LogP contribution in [0.3, 0.4) is 0 Å². The molecule has 10 aromatic carbocycles. The van der Waals surface area contributed by atoms with Crippen LogP contribution in [0, 0.1) is 23.4 Å². The lowest BCUT2D eigenvalue weighted by Crippen LogP contribution is -2.49. The van der Waals surface area contributed by atoms with Crippen LogP contribution in [-0.4, -0.2) is 43.6 Å². The predicted molar refractivity (Wildman–Crippen MR) is 408 cm³/mol. The first-order valence-corrected chi connectivity index (χ1v) is 38.5. The van der Waals surface area contributed by atoms with Gasteiger partial charge in [-0.25, -0.2) is 0 Å². The van der Waals surface area contributed by atoms with E-state index in [4.69, 9.17) is 16.6 Å². The molecule has 2 aliphatic heterocycles. The Kier molecular flexibility index (Phi) is 25.0. The lowest BCUT2D eigenvalue weighted by atomic mass is 9.89. The molecule has 0 fully saturated rings. The second-order valence-electron chi connectivity index (χ2n) is 23.9. The van der Waals surface area contributed by atoms with E-state index in [1.807, 2.05) is 0 Å². The van der Waals surface area contributed by atoms with E-state index in [-0.39, 0.29) is 6.42 Å². The Morgan fingerprint density at radius 3 is 0.811 bits per heavy atom. The minimum absolute atomic E-state index is 0.252. The van der Waals surface area contributed by atoms with Crippen molar-refractivity contribution in [2.24, 2.45) is 0 Å². The number of carboxylic acid groups (broad SMARTS) is 2. The third-order valence-electron chi connectivity index (χ3n) is 17.6. The maximum Gasteiger partial charge on any atom is 0.303 e. The van der Waals surface area contributed by atoms with Crippen molar-refractivity contribution in [3.8, 4) is 23.4 Å². The topological polar surface area (TPSA) is 74.6 Å². The molecule has 0 saturated heterocycles. The number of terminal acetylenes is 1. The van der Waals surface area contributed by atoms with Crippen LogP contribution in [0.5, 0.6) is 0 Å². The summed E-state index contributed by atoms with van der Waals surface area (Å²) in [7, 11) is -5.93. The van der Waals surface area contributed by atoms with Gasteiger partial charge in [-0.05, 0) is 124 Å². The summed E-state index contributed by atoms with van der Waals surface area (Å²) in [6.07, 6.45) is 18.4. The molecule has 2 aliphatic rings. The zero-order valence-corrected chi connectivity index (χ0v) is 57.5. The molecule has 7 heteroatoms. The third-order valence-corrected chi connectivity index (χ3v) is 26.7. The highest BCUT2D eigenvalue weighted by molar-refractivity contribution is 9.09. The molecule has 0 radical (unpaired) electrons. The van der Waals surface area contributed by atoms with Crippen LogP contribution in [-0.2, 0) is 9.59 Å². The van der Waals surface area contributed by atoms with E-state index in [0.29, 0.717) is 6.42 Å². The van der Waals surface area contributed by atoms with Crippen LogP contribution in [0.15, 0.2) is 303 Å². The van der Waals surface area contributed by atoms with Gasteiger partial charge in [0.05, 0.1) is 0 Å². The van der Waals surface area contributed by atoms with Crippen molar-refractivity contribution in [3.63, 3.8) is 0 Å². The summed E-state index contributed by atoms with van der Waals surface area (Å²) in [6.45, 7) is 0. The maximum atomic E-state index is 10.9. The van der Waals surface area contributed by atoms with Crippen molar-refractivity contribution < 1.29 is 19.8 Å². The second kappa shape index (κ2) is 34.9. The molecule has 0 spiro atoms. The van der Waals surface area contributed by atoms with E-state index < -0.39 is 28.1 Å². The Hall–Kier alpha value is -9.87. The van der Waals surface area contributed by atoms with Crippen LogP contribution in [0.2, 0.25) is 0 Å². The number of carboxylic acids is 2. The molecule has 0 saturated carbocycles. The van der Waals surface area contributed by atoms with Crippen molar-refractivity contribution in [2.75, 3.05) is 5.33 Å². The molecule has 0 amide bonds. The summed E-state index contributed by atoms with van der Waals surface area (Å²) in [5, 5.41) is 26.1. The van der Waals surface area contributed by atoms with Crippen molar-refractivity contribution in [1.82, 2.24) is 0 Å². The van der Waals surface area contributed by atoms with Gasteiger partial charge in [0.1, 0.15) is 0 Å². The van der Waals surface area contributed by atoms with Crippen LogP contribution in [0.1, 0.15) is 128 Å². The van der Waals surface area contributed by atoms with Crippen LogP contribution in [0.25, 0.3) is 43.1 Å². The number of unbranched alkanes of at least 4 members (excludes halogenated alkanes) is 9. The number of rotatable bonds is 24. The highest BCUT2D eigenvalue weighted by Crippen LogP contribution is 2.57. The van der Waals surface area contributed by atoms with E-state index in [9.17, 15) is 9.59 Å². The number of aliphatic carboxylic acids is 2. The molecule has 0 unspecified atom stereocenters. The lowest BCUT2D eigenvalue weighted by Gasteiger charge is -2.30. The van der Waals surface area contributed by atoms with Crippen molar-refractivity contribution >= 4 is 97.5 Å². The Morgan fingerprint density at radius 2 is 0.537 bits per heavy atom. The second-order valence-corrected chi connectivity index (χ2v) is 31.4. The summed E-state index contributed by atoms with van der Waals surface area (Å²) >= 11 is 3.35. The summed E-state index contributed by atoms with van der Waals surface area (Å²) in [4.78, 5) is 21.0. The Labute approximate surface area is 573 Å². The van der Waals surface area contributed by atoms with E-state index in [0.717, 1.165) is 56.7 Å². The molecule has 2 heterocycles. The number of benzene rings is 10. The first kappa shape index (κ1) is 68.0. The van der Waals surface area contributed by atoms with Gasteiger partial charge in [-0.2, -0.15) is 0 Å². The van der Waals surface area contributed by atoms with Gasteiger partial charge in [-0.1, -0.05) is 358 Å². The molecule has 0 aromatic heterocycles. The third kappa shape index (κ3) is 16.4. The summed E-state index contributed by atoms with van der Waals surface area (Å²) < 4.78 is 0. The van der Waals surface area contributed by atoms with E-state index >= 15 is 0 Å². The number of hydrogen-bond donors (Lipinski definition) is 2. The fourth-order valence-electron chi connectivity index (χ4n) is 13.4. The van der Waals surface area contributed by atoms with Crippen LogP contribution < -0.4 is 10.4 Å². The smallest absolute Gasteiger partial charge is 0.303 e. The fraction of sp³-hybridized carbons (Fsp3) is 0.159. The lowest BCUT2D eigenvalue weighted by molar-refractivity contribution is -0.138. The van der Waals surface area contributed by atoms with E-state index in [1.165, 1.54) is 117 Å². The first-order chi connectivity index (χ1) is 46.8. The molecular weight excluding hydrogens is 1260 g/mol. The standard InChI is InChI=1S/C44H40O2Si.C36H26Si.C8H15BrO2/c45-40(46)33-21-4-2-1-3-5-22-34-47(39-31-19-10-20-32-39)43(37-27-15-8-16-28-37)41(35-23-11-6-12-24-35)42(36-25-13-7-14-26-36)44(47)38-29-17-9-18-30-38;1-2-37(32-26-16-7-17-27-32)35(30-22-12-5-13-23-30)33(28-18-8-3-9-19-28)34(29-20-10-4-11-21-29)36(37)31-24-14-6-15-25-31;9-7-5-3-1-2-4-6-8(10)11/h6-20,23-32H,1-5,21,33H2,(H,45,46);1,3-27H;1-7H2,(H,10,11). The van der Waals surface area contributed by atoms with E-state index in [2.05, 4.69) is 336 Å². The highest BCUT2D eigenvalue weighted by atomic mass is 79.9. The number of carbonyl (C=O) groups is 2. The van der Waals surface area contributed by atoms with Gasteiger partial charge in [-0.15, -0.1) is 23.4 Å². The van der Waals surface area contributed by atoms with Gasteiger partial charge in [0, 0.05) is 24.6 Å². The van der Waals surface area contributed by atoms with E-state index in [1.54, 1.807) is 0 Å². The normalized spacial score (nSPS) is 13.6. The van der Waals surface area contributed by atoms with Crippen molar-refractivity contribution in [2.45, 2.75) is 83.5 Å². The highest BCUT2D eigenvalue weighted by Gasteiger charge is 2.53. The number of hydrogen-bond acceptors (Lipinski definition) is 2. The molecule has 0 aliphatic carbocycles. The number of halogens is 1. The van der Waals surface area contributed by atoms with Crippen molar-refractivity contribution in [1.29, 1.82) is 0 Å². The van der Waals surface area contributed by atoms with Crippen LogP contribution in [0.4, 0.5) is 0 Å². The predicted octanol–water partition coefficient (Wildman–Crippen LogP) is 20.6. The molecule has 0 atom stereocenters. The largest absolute Gasteiger partial charge is 0.481 e. The Balaban J connectivity index is 0.000000182. The molecule has 95 heavy (non-hydrogen) atoms. The average molecular weight is 1340 g/mol. The maximum absolute atomic E-state index is 10.9. The first-order valence-electron chi connectivity index (χ1n) is 33.3. The van der Waals surface area contributed by atoms with Gasteiger partial charge in [0.15, 0.2) is 0 Å². The van der Waals surface area contributed by atoms with Crippen molar-refractivity contribution in [3.05, 3.63) is 348 Å². The molecule has 472 valence electrons. The monoisotopic (exact) mass is 1340 g/mol. The van der Waals surface area contributed by atoms with Gasteiger partial charge >= 0.3 is 11.9 Å². The zero-order chi connectivity index (χ0) is 65.9. The zero-order valence-electron chi connectivity index (χ0n) is 53.9. The molecule has 0 bridgehead atoms. The van der Waals surface area contributed by atoms with Gasteiger partial charge in [-0.3, -0.25) is 9.59 Å². The van der Waals surface area contributed by atoms with Crippen LogP contribution >= 0.6 is 15.9 Å². The summed E-state index contributed by atoms with van der Waals surface area (Å²) in [5.41, 5.74) is 22.2. The fourth-order valence-corrected chi connectivity index (χ4v) is 23.1. The molecule has 12 rings (SSSR count). The Morgan fingerprint density at radius 1 is 0.305 bits per heavy atom. The molecule has 2 N–H and O–H groups in total. The number of allylic oxidation sites excluding steroid dienone is 4. The molecule has 4 nitrogen and oxygen atoms in total. The number of alkyl halides is 1. The SMILES string of the molecule is C#C[Si]1(c2ccccc2)C(c2ccccc2)=C(c2ccccc2)C(c2ccccc2)=C1c1ccccc1.O=C(O)CCCCCCCBr.O=C(O)CCCCCCCC#C[Si]1(c2ccccc2)C(c2ccccc2)=C(c2ccccc2)C(c2ccccc2)=C1c1ccccc1. The molecule has 10 aromatic rings. The van der Waals surface area contributed by atoms with Gasteiger partial charge in [0.2, 0.25) is 16.1 Å². The average Bonchev–Trinajstić information content (AvgIpc) is 1.55.